The number of methoxy groups -OCH3 is 1. The van der Waals surface area contributed by atoms with E-state index in [2.05, 4.69) is 0 Å². The summed E-state index contributed by atoms with van der Waals surface area (Å²) in [5.74, 6) is 1.02. The molecule has 19 heavy (non-hydrogen) atoms. The lowest BCUT2D eigenvalue weighted by Gasteiger charge is -2.25. The van der Waals surface area contributed by atoms with Gasteiger partial charge in [-0.3, -0.25) is 4.79 Å². The average Bonchev–Trinajstić information content (AvgIpc) is 2.41. The molecule has 104 valence electrons. The topological polar surface area (TPSA) is 52.3 Å². The van der Waals surface area contributed by atoms with Gasteiger partial charge in [-0.1, -0.05) is 0 Å². The molecule has 3 heteroatoms. The van der Waals surface area contributed by atoms with Crippen LogP contribution in [0.4, 0.5) is 0 Å². The number of ketones is 1. The van der Waals surface area contributed by atoms with Gasteiger partial charge < -0.3 is 10.5 Å². The van der Waals surface area contributed by atoms with Crippen molar-refractivity contribution < 1.29 is 9.53 Å². The molecule has 0 aromatic heterocycles. The quantitative estimate of drug-likeness (QED) is 0.851. The summed E-state index contributed by atoms with van der Waals surface area (Å²) in [6.45, 7) is 4.06. The molecule has 2 rings (SSSR count). The van der Waals surface area contributed by atoms with Crippen LogP contribution >= 0.6 is 0 Å². The monoisotopic (exact) mass is 261 g/mol. The SMILES string of the molecule is COc1cc(C)c(C)cc1C(=O)C1CCC(N)CC1. The molecule has 0 heterocycles. The molecule has 1 aliphatic rings. The van der Waals surface area contributed by atoms with Crippen molar-refractivity contribution in [2.24, 2.45) is 11.7 Å². The predicted molar refractivity (Wildman–Crippen MR) is 76.7 cm³/mol. The molecule has 1 aromatic rings. The van der Waals surface area contributed by atoms with Crippen LogP contribution in [0, 0.1) is 19.8 Å². The Hall–Kier alpha value is -1.35. The molecule has 0 radical (unpaired) electrons. The molecule has 3 nitrogen and oxygen atoms in total. The normalized spacial score (nSPS) is 23.2. The maximum atomic E-state index is 12.6. The number of rotatable bonds is 3. The Bertz CT molecular complexity index is 474. The van der Waals surface area contributed by atoms with E-state index >= 15 is 0 Å². The summed E-state index contributed by atoms with van der Waals surface area (Å²) >= 11 is 0. The summed E-state index contributed by atoms with van der Waals surface area (Å²) in [5.41, 5.74) is 8.92. The predicted octanol–water partition coefficient (Wildman–Crippen LogP) is 3.01. The molecule has 1 saturated carbocycles. The molecule has 0 aliphatic heterocycles. The molecule has 0 bridgehead atoms. The highest BCUT2D eigenvalue weighted by atomic mass is 16.5. The second-order valence-corrected chi connectivity index (χ2v) is 5.61. The number of aryl methyl sites for hydroxylation is 2. The third-order valence-electron chi connectivity index (χ3n) is 4.22. The van der Waals surface area contributed by atoms with Crippen molar-refractivity contribution >= 4 is 5.78 Å². The van der Waals surface area contributed by atoms with E-state index in [9.17, 15) is 4.79 Å². The average molecular weight is 261 g/mol. The Morgan fingerprint density at radius 3 is 2.32 bits per heavy atom. The van der Waals surface area contributed by atoms with Gasteiger partial charge in [-0.25, -0.2) is 0 Å². The summed E-state index contributed by atoms with van der Waals surface area (Å²) in [6, 6.07) is 4.19. The van der Waals surface area contributed by atoms with Crippen molar-refractivity contribution in [3.63, 3.8) is 0 Å². The van der Waals surface area contributed by atoms with E-state index in [-0.39, 0.29) is 17.7 Å². The third-order valence-corrected chi connectivity index (χ3v) is 4.22. The lowest BCUT2D eigenvalue weighted by Crippen LogP contribution is -2.30. The molecule has 1 aliphatic carbocycles. The molecular formula is C16H23NO2. The Morgan fingerprint density at radius 1 is 1.16 bits per heavy atom. The van der Waals surface area contributed by atoms with Crippen LogP contribution in [0.1, 0.15) is 47.2 Å². The van der Waals surface area contributed by atoms with Crippen molar-refractivity contribution in [1.29, 1.82) is 0 Å². The van der Waals surface area contributed by atoms with E-state index in [1.54, 1.807) is 7.11 Å². The molecule has 0 atom stereocenters. The fraction of sp³-hybridized carbons (Fsp3) is 0.562. The van der Waals surface area contributed by atoms with Crippen LogP contribution in [0.2, 0.25) is 0 Å². The van der Waals surface area contributed by atoms with E-state index < -0.39 is 0 Å². The van der Waals surface area contributed by atoms with Crippen molar-refractivity contribution in [2.75, 3.05) is 7.11 Å². The number of ether oxygens (including phenoxy) is 1. The molecule has 2 N–H and O–H groups in total. The first-order chi connectivity index (χ1) is 9.02. The van der Waals surface area contributed by atoms with E-state index in [1.165, 1.54) is 0 Å². The van der Waals surface area contributed by atoms with Crippen LogP contribution in [0.15, 0.2) is 12.1 Å². The fourth-order valence-electron chi connectivity index (χ4n) is 2.75. The summed E-state index contributed by atoms with van der Waals surface area (Å²) in [5, 5.41) is 0. The number of carbonyl (C=O) groups is 1. The Morgan fingerprint density at radius 2 is 1.74 bits per heavy atom. The van der Waals surface area contributed by atoms with E-state index in [4.69, 9.17) is 10.5 Å². The van der Waals surface area contributed by atoms with Crippen LogP contribution in [-0.4, -0.2) is 18.9 Å². The van der Waals surface area contributed by atoms with Crippen LogP contribution in [-0.2, 0) is 0 Å². The largest absolute Gasteiger partial charge is 0.496 e. The first-order valence-electron chi connectivity index (χ1n) is 6.98. The van der Waals surface area contributed by atoms with E-state index in [1.807, 2.05) is 26.0 Å². The summed E-state index contributed by atoms with van der Waals surface area (Å²) in [6.07, 6.45) is 3.69. The lowest BCUT2D eigenvalue weighted by molar-refractivity contribution is 0.0881. The second kappa shape index (κ2) is 5.74. The molecular weight excluding hydrogens is 238 g/mol. The van der Waals surface area contributed by atoms with Gasteiger partial charge in [0, 0.05) is 12.0 Å². The Balaban J connectivity index is 2.25. The molecule has 0 spiro atoms. The fourth-order valence-corrected chi connectivity index (χ4v) is 2.75. The highest BCUT2D eigenvalue weighted by Gasteiger charge is 2.27. The van der Waals surface area contributed by atoms with Crippen LogP contribution in [0.25, 0.3) is 0 Å². The van der Waals surface area contributed by atoms with Crippen LogP contribution < -0.4 is 10.5 Å². The number of Topliss-reactive ketones (excluding diaryl/α,β-unsaturated/α-hetero) is 1. The maximum Gasteiger partial charge on any atom is 0.169 e. The molecule has 1 fully saturated rings. The maximum absolute atomic E-state index is 12.6. The minimum absolute atomic E-state index is 0.107. The minimum atomic E-state index is 0.107. The lowest BCUT2D eigenvalue weighted by atomic mass is 9.81. The summed E-state index contributed by atoms with van der Waals surface area (Å²) < 4.78 is 5.37. The summed E-state index contributed by atoms with van der Waals surface area (Å²) in [4.78, 5) is 12.6. The zero-order valence-electron chi connectivity index (χ0n) is 12.0. The zero-order chi connectivity index (χ0) is 14.0. The number of benzene rings is 1. The van der Waals surface area contributed by atoms with Crippen LogP contribution in [0.5, 0.6) is 5.75 Å². The first kappa shape index (κ1) is 14.1. The smallest absolute Gasteiger partial charge is 0.169 e. The van der Waals surface area contributed by atoms with Crippen molar-refractivity contribution in [3.8, 4) is 5.75 Å². The number of carbonyl (C=O) groups excluding carboxylic acids is 1. The van der Waals surface area contributed by atoms with Gasteiger partial charge in [0.1, 0.15) is 5.75 Å². The highest BCUT2D eigenvalue weighted by molar-refractivity contribution is 6.00. The third kappa shape index (κ3) is 2.98. The van der Waals surface area contributed by atoms with Gasteiger partial charge in [0.25, 0.3) is 0 Å². The highest BCUT2D eigenvalue weighted by Crippen LogP contribution is 2.31. The number of nitrogens with two attached hydrogens (primary N) is 1. The van der Waals surface area contributed by atoms with E-state index in [0.29, 0.717) is 5.75 Å². The Labute approximate surface area is 115 Å². The van der Waals surface area contributed by atoms with E-state index in [0.717, 1.165) is 42.4 Å². The second-order valence-electron chi connectivity index (χ2n) is 5.61. The van der Waals surface area contributed by atoms with Gasteiger partial charge in [-0.15, -0.1) is 0 Å². The minimum Gasteiger partial charge on any atom is -0.496 e. The van der Waals surface area contributed by atoms with Gasteiger partial charge in [-0.05, 0) is 62.8 Å². The summed E-state index contributed by atoms with van der Waals surface area (Å²) in [7, 11) is 1.62. The van der Waals surface area contributed by atoms with Gasteiger partial charge in [0.05, 0.1) is 12.7 Å². The van der Waals surface area contributed by atoms with Gasteiger partial charge >= 0.3 is 0 Å². The van der Waals surface area contributed by atoms with Crippen molar-refractivity contribution in [3.05, 3.63) is 28.8 Å². The van der Waals surface area contributed by atoms with Gasteiger partial charge in [0.15, 0.2) is 5.78 Å². The first-order valence-corrected chi connectivity index (χ1v) is 6.98. The number of hydrogen-bond acceptors (Lipinski definition) is 3. The van der Waals surface area contributed by atoms with Gasteiger partial charge in [-0.2, -0.15) is 0 Å². The molecule has 0 amide bonds. The van der Waals surface area contributed by atoms with Crippen molar-refractivity contribution in [2.45, 2.75) is 45.6 Å². The molecule has 0 saturated heterocycles. The molecule has 0 unspecified atom stereocenters. The van der Waals surface area contributed by atoms with Crippen LogP contribution in [0.3, 0.4) is 0 Å². The standard InChI is InChI=1S/C16H23NO2/c1-10-8-14(15(19-3)9-11(10)2)16(18)12-4-6-13(17)7-5-12/h8-9,12-13H,4-7,17H2,1-3H3. The van der Waals surface area contributed by atoms with Crippen molar-refractivity contribution in [1.82, 2.24) is 0 Å². The van der Waals surface area contributed by atoms with Gasteiger partial charge in [0.2, 0.25) is 0 Å². The molecule has 1 aromatic carbocycles. The zero-order valence-corrected chi connectivity index (χ0v) is 12.0. The Kier molecular flexibility index (Phi) is 4.25. The number of hydrogen-bond donors (Lipinski definition) is 1.